The topological polar surface area (TPSA) is 92.8 Å². The lowest BCUT2D eigenvalue weighted by atomic mass is 10.2. The van der Waals surface area contributed by atoms with Crippen molar-refractivity contribution in [1.82, 2.24) is 15.2 Å². The van der Waals surface area contributed by atoms with Crippen molar-refractivity contribution in [3.8, 4) is 5.75 Å². The van der Waals surface area contributed by atoms with Gasteiger partial charge in [0.2, 0.25) is 11.8 Å². The number of hydrogen-bond donors (Lipinski definition) is 2. The molecule has 0 spiro atoms. The summed E-state index contributed by atoms with van der Waals surface area (Å²) < 4.78 is 46.2. The Labute approximate surface area is 161 Å². The Balaban J connectivity index is 1.54. The van der Waals surface area contributed by atoms with E-state index in [2.05, 4.69) is 20.4 Å². The van der Waals surface area contributed by atoms with Crippen LogP contribution < -0.4 is 15.4 Å². The highest BCUT2D eigenvalue weighted by Gasteiger charge is 2.31. The maximum absolute atomic E-state index is 12.3. The van der Waals surface area contributed by atoms with Gasteiger partial charge in [0.05, 0.1) is 42.6 Å². The van der Waals surface area contributed by atoms with Crippen molar-refractivity contribution in [2.45, 2.75) is 12.4 Å². The molecule has 1 aromatic heterocycles. The van der Waals surface area contributed by atoms with Crippen LogP contribution in [0, 0.1) is 0 Å². The number of fused-ring (bicyclic) bond motifs is 1. The molecule has 0 aliphatic carbocycles. The molecule has 28 heavy (non-hydrogen) atoms. The molecule has 12 heteroatoms. The zero-order valence-electron chi connectivity index (χ0n) is 14.7. The number of hydrogen-bond acceptors (Lipinski definition) is 7. The molecular weight excluding hydrogens is 401 g/mol. The summed E-state index contributed by atoms with van der Waals surface area (Å²) in [6.07, 6.45) is -4.78. The SMILES string of the molecule is CN(CC(=O)Nc1nc2ccc(OC(F)(F)F)cc2s1)C(=O)CNC1COC1. The Bertz CT molecular complexity index is 869. The number of halogens is 3. The quantitative estimate of drug-likeness (QED) is 0.709. The second-order valence-electron chi connectivity index (χ2n) is 6.11. The normalized spacial score (nSPS) is 14.6. The van der Waals surface area contributed by atoms with Gasteiger partial charge in [0, 0.05) is 13.1 Å². The van der Waals surface area contributed by atoms with E-state index in [1.165, 1.54) is 24.1 Å². The van der Waals surface area contributed by atoms with Crippen molar-refractivity contribution in [2.24, 2.45) is 0 Å². The average Bonchev–Trinajstić information content (AvgIpc) is 2.92. The van der Waals surface area contributed by atoms with E-state index in [0.29, 0.717) is 23.4 Å². The summed E-state index contributed by atoms with van der Waals surface area (Å²) in [6, 6.07) is 3.86. The minimum absolute atomic E-state index is 0.0981. The predicted molar refractivity (Wildman–Crippen MR) is 95.2 cm³/mol. The average molecular weight is 418 g/mol. The summed E-state index contributed by atoms with van der Waals surface area (Å²) in [5, 5.41) is 5.77. The van der Waals surface area contributed by atoms with Crippen LogP contribution in [-0.2, 0) is 14.3 Å². The minimum Gasteiger partial charge on any atom is -0.406 e. The fourth-order valence-corrected chi connectivity index (χ4v) is 3.25. The molecule has 1 saturated heterocycles. The summed E-state index contributed by atoms with van der Waals surface area (Å²) in [4.78, 5) is 29.5. The van der Waals surface area contributed by atoms with Crippen LogP contribution in [0.15, 0.2) is 18.2 Å². The summed E-state index contributed by atoms with van der Waals surface area (Å²) in [5.74, 6) is -1.08. The molecule has 152 valence electrons. The van der Waals surface area contributed by atoms with E-state index in [4.69, 9.17) is 4.74 Å². The zero-order valence-corrected chi connectivity index (χ0v) is 15.5. The molecule has 0 atom stereocenters. The molecule has 1 fully saturated rings. The molecule has 0 radical (unpaired) electrons. The van der Waals surface area contributed by atoms with E-state index >= 15 is 0 Å². The Morgan fingerprint density at radius 2 is 2.14 bits per heavy atom. The van der Waals surface area contributed by atoms with Crippen LogP contribution in [0.2, 0.25) is 0 Å². The number of alkyl halides is 3. The standard InChI is InChI=1S/C16H17F3N4O4S/c1-23(14(25)5-20-9-7-26-8-9)6-13(24)22-15-21-11-3-2-10(4-12(11)28-15)27-16(17,18)19/h2-4,9,20H,5-8H2,1H3,(H,21,22,24). The number of likely N-dealkylation sites (N-methyl/N-ethyl adjacent to an activating group) is 1. The van der Waals surface area contributed by atoms with Crippen LogP contribution in [0.5, 0.6) is 5.75 Å². The molecule has 2 amide bonds. The Kier molecular flexibility index (Phi) is 6.01. The van der Waals surface area contributed by atoms with Gasteiger partial charge in [0.25, 0.3) is 0 Å². The van der Waals surface area contributed by atoms with E-state index in [1.54, 1.807) is 0 Å². The summed E-state index contributed by atoms with van der Waals surface area (Å²) in [6.45, 7) is 1.04. The first-order valence-electron chi connectivity index (χ1n) is 8.21. The van der Waals surface area contributed by atoms with Gasteiger partial charge < -0.3 is 25.0 Å². The molecule has 8 nitrogen and oxygen atoms in total. The maximum atomic E-state index is 12.3. The van der Waals surface area contributed by atoms with Gasteiger partial charge in [-0.15, -0.1) is 13.2 Å². The second kappa shape index (κ2) is 8.29. The van der Waals surface area contributed by atoms with Gasteiger partial charge in [-0.25, -0.2) is 4.98 Å². The van der Waals surface area contributed by atoms with E-state index in [-0.39, 0.29) is 35.9 Å². The number of ether oxygens (including phenoxy) is 2. The zero-order chi connectivity index (χ0) is 20.3. The molecule has 0 unspecified atom stereocenters. The largest absolute Gasteiger partial charge is 0.573 e. The molecule has 2 N–H and O–H groups in total. The number of rotatable bonds is 7. The van der Waals surface area contributed by atoms with Crippen molar-refractivity contribution in [3.05, 3.63) is 18.2 Å². The van der Waals surface area contributed by atoms with Gasteiger partial charge >= 0.3 is 6.36 Å². The van der Waals surface area contributed by atoms with Crippen LogP contribution >= 0.6 is 11.3 Å². The minimum atomic E-state index is -4.78. The monoisotopic (exact) mass is 418 g/mol. The first-order valence-corrected chi connectivity index (χ1v) is 9.02. The van der Waals surface area contributed by atoms with Gasteiger partial charge in [-0.05, 0) is 12.1 Å². The van der Waals surface area contributed by atoms with Crippen LogP contribution in [0.25, 0.3) is 10.2 Å². The highest BCUT2D eigenvalue weighted by Crippen LogP contribution is 2.31. The third kappa shape index (κ3) is 5.53. The third-order valence-electron chi connectivity index (χ3n) is 3.83. The van der Waals surface area contributed by atoms with Crippen LogP contribution in [0.4, 0.5) is 18.3 Å². The lowest BCUT2D eigenvalue weighted by Gasteiger charge is -2.27. The van der Waals surface area contributed by atoms with Gasteiger partial charge in [-0.2, -0.15) is 0 Å². The van der Waals surface area contributed by atoms with Crippen LogP contribution in [-0.4, -0.2) is 67.5 Å². The number of thiazole rings is 1. The highest BCUT2D eigenvalue weighted by atomic mass is 32.1. The van der Waals surface area contributed by atoms with Gasteiger partial charge in [-0.3, -0.25) is 9.59 Å². The van der Waals surface area contributed by atoms with E-state index in [9.17, 15) is 22.8 Å². The fourth-order valence-electron chi connectivity index (χ4n) is 2.34. The molecule has 0 bridgehead atoms. The maximum Gasteiger partial charge on any atom is 0.573 e. The smallest absolute Gasteiger partial charge is 0.406 e. The molecule has 0 saturated carbocycles. The van der Waals surface area contributed by atoms with Crippen molar-refractivity contribution in [3.63, 3.8) is 0 Å². The number of aromatic nitrogens is 1. The molecule has 2 aromatic rings. The molecule has 1 aliphatic heterocycles. The number of amides is 2. The summed E-state index contributed by atoms with van der Waals surface area (Å²) in [5.41, 5.74) is 0.422. The number of nitrogens with zero attached hydrogens (tertiary/aromatic N) is 2. The number of carbonyl (C=O) groups excluding carboxylic acids is 2. The Hall–Kier alpha value is -2.44. The Morgan fingerprint density at radius 1 is 1.39 bits per heavy atom. The molecule has 1 aromatic carbocycles. The van der Waals surface area contributed by atoms with Gasteiger partial charge in [-0.1, -0.05) is 11.3 Å². The lowest BCUT2D eigenvalue weighted by Crippen LogP contribution is -2.50. The van der Waals surface area contributed by atoms with Crippen LogP contribution in [0.1, 0.15) is 0 Å². The first-order chi connectivity index (χ1) is 13.2. The van der Waals surface area contributed by atoms with E-state index in [0.717, 1.165) is 17.4 Å². The Morgan fingerprint density at radius 3 is 2.79 bits per heavy atom. The molecule has 2 heterocycles. The van der Waals surface area contributed by atoms with Crippen molar-refractivity contribution in [2.75, 3.05) is 38.7 Å². The molecule has 3 rings (SSSR count). The predicted octanol–water partition coefficient (Wildman–Crippen LogP) is 1.58. The summed E-state index contributed by atoms with van der Waals surface area (Å²) >= 11 is 1.01. The highest BCUT2D eigenvalue weighted by molar-refractivity contribution is 7.22. The first kappa shape index (κ1) is 20.3. The number of nitrogens with one attached hydrogen (secondary N) is 2. The fraction of sp³-hybridized carbons (Fsp3) is 0.438. The van der Waals surface area contributed by atoms with Crippen molar-refractivity contribution < 1.29 is 32.2 Å². The van der Waals surface area contributed by atoms with Gasteiger partial charge in [0.1, 0.15) is 5.75 Å². The van der Waals surface area contributed by atoms with Crippen molar-refractivity contribution >= 4 is 38.5 Å². The van der Waals surface area contributed by atoms with Crippen molar-refractivity contribution in [1.29, 1.82) is 0 Å². The van der Waals surface area contributed by atoms with Gasteiger partial charge in [0.15, 0.2) is 5.13 Å². The van der Waals surface area contributed by atoms with E-state index < -0.39 is 12.3 Å². The third-order valence-corrected chi connectivity index (χ3v) is 4.76. The molecule has 1 aliphatic rings. The lowest BCUT2D eigenvalue weighted by molar-refractivity contribution is -0.274. The molecular formula is C16H17F3N4O4S. The number of carbonyl (C=O) groups is 2. The second-order valence-corrected chi connectivity index (χ2v) is 7.14. The number of anilines is 1. The summed E-state index contributed by atoms with van der Waals surface area (Å²) in [7, 11) is 1.50. The number of benzene rings is 1. The van der Waals surface area contributed by atoms with Crippen LogP contribution in [0.3, 0.4) is 0 Å². The van der Waals surface area contributed by atoms with E-state index in [1.807, 2.05) is 0 Å².